The largest absolute Gasteiger partial charge is 0.393 e. The summed E-state index contributed by atoms with van der Waals surface area (Å²) in [5, 5.41) is 9.91. The minimum Gasteiger partial charge on any atom is -0.393 e. The fourth-order valence-corrected chi connectivity index (χ4v) is 2.71. The van der Waals surface area contributed by atoms with Gasteiger partial charge in [0.05, 0.1) is 6.10 Å². The average Bonchev–Trinajstić information content (AvgIpc) is 2.62. The highest BCUT2D eigenvalue weighted by atomic mass is 16.3. The predicted octanol–water partition coefficient (Wildman–Crippen LogP) is 2.22. The average molecular weight is 166 g/mol. The second kappa shape index (κ2) is 2.88. The van der Waals surface area contributed by atoms with Crippen molar-refractivity contribution in [3.8, 4) is 0 Å². The van der Waals surface area contributed by atoms with Crippen LogP contribution in [0.4, 0.5) is 0 Å². The van der Waals surface area contributed by atoms with Crippen LogP contribution in [-0.2, 0) is 0 Å². The van der Waals surface area contributed by atoms with Crippen molar-refractivity contribution in [2.24, 2.45) is 23.7 Å². The van der Waals surface area contributed by atoms with E-state index < -0.39 is 0 Å². The summed E-state index contributed by atoms with van der Waals surface area (Å²) in [5.74, 6) is 2.45. The van der Waals surface area contributed by atoms with Crippen molar-refractivity contribution in [2.45, 2.75) is 32.8 Å². The summed E-state index contributed by atoms with van der Waals surface area (Å²) in [5.41, 5.74) is 0. The summed E-state index contributed by atoms with van der Waals surface area (Å²) in [7, 11) is 0. The normalized spacial score (nSPS) is 41.2. The van der Waals surface area contributed by atoms with Gasteiger partial charge in [0, 0.05) is 0 Å². The predicted molar refractivity (Wildman–Crippen MR) is 49.7 cm³/mol. The molecule has 68 valence electrons. The molecule has 0 aliphatic heterocycles. The van der Waals surface area contributed by atoms with Crippen molar-refractivity contribution in [1.82, 2.24) is 0 Å². The van der Waals surface area contributed by atoms with Gasteiger partial charge >= 0.3 is 0 Å². The highest BCUT2D eigenvalue weighted by molar-refractivity contribution is 5.11. The summed E-state index contributed by atoms with van der Waals surface area (Å²) in [4.78, 5) is 0. The van der Waals surface area contributed by atoms with Crippen LogP contribution in [0.2, 0.25) is 0 Å². The highest BCUT2D eigenvalue weighted by Crippen LogP contribution is 2.45. The number of hydrogen-bond donors (Lipinski definition) is 1. The molecule has 0 heterocycles. The van der Waals surface area contributed by atoms with Gasteiger partial charge in [0.15, 0.2) is 0 Å². The first-order valence-electron chi connectivity index (χ1n) is 5.05. The number of allylic oxidation sites excluding steroid dienone is 2. The molecule has 1 unspecified atom stereocenters. The monoisotopic (exact) mass is 166 g/mol. The van der Waals surface area contributed by atoms with Gasteiger partial charge < -0.3 is 5.11 Å². The molecule has 0 radical (unpaired) electrons. The Morgan fingerprint density at radius 2 is 2.00 bits per heavy atom. The summed E-state index contributed by atoms with van der Waals surface area (Å²) in [6.45, 7) is 4.22. The first-order valence-corrected chi connectivity index (χ1v) is 5.05. The van der Waals surface area contributed by atoms with Gasteiger partial charge in [0.2, 0.25) is 0 Å². The van der Waals surface area contributed by atoms with Crippen LogP contribution in [0.15, 0.2) is 12.2 Å². The molecule has 0 amide bonds. The molecule has 1 N–H and O–H groups in total. The van der Waals surface area contributed by atoms with Gasteiger partial charge in [-0.3, -0.25) is 0 Å². The van der Waals surface area contributed by atoms with E-state index in [2.05, 4.69) is 26.0 Å². The van der Waals surface area contributed by atoms with E-state index >= 15 is 0 Å². The molecule has 2 aliphatic rings. The first-order chi connectivity index (χ1) is 5.68. The zero-order chi connectivity index (χ0) is 8.72. The molecule has 4 atom stereocenters. The van der Waals surface area contributed by atoms with E-state index in [1.54, 1.807) is 0 Å². The molecule has 1 fully saturated rings. The van der Waals surface area contributed by atoms with Crippen molar-refractivity contribution in [3.05, 3.63) is 12.2 Å². The fourth-order valence-electron chi connectivity index (χ4n) is 2.71. The van der Waals surface area contributed by atoms with Crippen molar-refractivity contribution in [1.29, 1.82) is 0 Å². The Morgan fingerprint density at radius 3 is 2.42 bits per heavy atom. The number of fused-ring (bicyclic) bond motifs is 2. The second-order valence-electron chi connectivity index (χ2n) is 4.68. The van der Waals surface area contributed by atoms with Gasteiger partial charge in [-0.2, -0.15) is 0 Å². The van der Waals surface area contributed by atoms with Gasteiger partial charge in [-0.25, -0.2) is 0 Å². The van der Waals surface area contributed by atoms with Crippen LogP contribution in [0.5, 0.6) is 0 Å². The molecule has 2 aliphatic carbocycles. The SMILES string of the molecule is CC(C)C(O)[C@H]1C[C@H]2C=C[C@@H]1C2. The quantitative estimate of drug-likeness (QED) is 0.624. The topological polar surface area (TPSA) is 20.2 Å². The third-order valence-corrected chi connectivity index (χ3v) is 3.45. The Morgan fingerprint density at radius 1 is 1.25 bits per heavy atom. The summed E-state index contributed by atoms with van der Waals surface area (Å²) < 4.78 is 0. The standard InChI is InChI=1S/C11H18O/c1-7(2)11(12)10-6-8-3-4-9(10)5-8/h3-4,7-12H,5-6H2,1-2H3/t8-,9+,10-,11?/m0/s1. The lowest BCUT2D eigenvalue weighted by molar-refractivity contribution is 0.0526. The van der Waals surface area contributed by atoms with Crippen LogP contribution in [0, 0.1) is 23.7 Å². The summed E-state index contributed by atoms with van der Waals surface area (Å²) in [6, 6.07) is 0. The van der Waals surface area contributed by atoms with E-state index in [9.17, 15) is 5.11 Å². The minimum atomic E-state index is -0.0788. The summed E-state index contributed by atoms with van der Waals surface area (Å²) in [6.07, 6.45) is 7.08. The van der Waals surface area contributed by atoms with E-state index in [1.807, 2.05) is 0 Å². The maximum absolute atomic E-state index is 9.91. The molecule has 0 spiro atoms. The van der Waals surface area contributed by atoms with Crippen molar-refractivity contribution in [3.63, 3.8) is 0 Å². The van der Waals surface area contributed by atoms with Crippen LogP contribution >= 0.6 is 0 Å². The molecule has 2 rings (SSSR count). The number of rotatable bonds is 2. The summed E-state index contributed by atoms with van der Waals surface area (Å²) >= 11 is 0. The Hall–Kier alpha value is -0.300. The zero-order valence-corrected chi connectivity index (χ0v) is 7.90. The van der Waals surface area contributed by atoms with E-state index in [1.165, 1.54) is 12.8 Å². The minimum absolute atomic E-state index is 0.0788. The molecular weight excluding hydrogens is 148 g/mol. The molecule has 0 saturated heterocycles. The van der Waals surface area contributed by atoms with Gasteiger partial charge in [0.1, 0.15) is 0 Å². The number of aliphatic hydroxyl groups is 1. The molecule has 1 nitrogen and oxygen atoms in total. The smallest absolute Gasteiger partial charge is 0.0597 e. The first kappa shape index (κ1) is 8.31. The zero-order valence-electron chi connectivity index (χ0n) is 7.90. The molecule has 2 bridgehead atoms. The number of hydrogen-bond acceptors (Lipinski definition) is 1. The van der Waals surface area contributed by atoms with Gasteiger partial charge in [-0.1, -0.05) is 26.0 Å². The Labute approximate surface area is 74.5 Å². The van der Waals surface area contributed by atoms with Gasteiger partial charge in [0.25, 0.3) is 0 Å². The third kappa shape index (κ3) is 1.20. The van der Waals surface area contributed by atoms with Crippen LogP contribution in [-0.4, -0.2) is 11.2 Å². The molecule has 0 aromatic heterocycles. The lowest BCUT2D eigenvalue weighted by atomic mass is 9.83. The Bertz CT molecular complexity index is 195. The van der Waals surface area contributed by atoms with E-state index in [-0.39, 0.29) is 6.10 Å². The highest BCUT2D eigenvalue weighted by Gasteiger charge is 2.40. The van der Waals surface area contributed by atoms with Crippen molar-refractivity contribution >= 4 is 0 Å². The maximum Gasteiger partial charge on any atom is 0.0597 e. The van der Waals surface area contributed by atoms with Crippen LogP contribution in [0.1, 0.15) is 26.7 Å². The molecule has 1 saturated carbocycles. The Kier molecular flexibility index (Phi) is 1.99. The van der Waals surface area contributed by atoms with E-state index in [0.29, 0.717) is 17.8 Å². The van der Waals surface area contributed by atoms with Crippen molar-refractivity contribution < 1.29 is 5.11 Å². The second-order valence-corrected chi connectivity index (χ2v) is 4.68. The molecule has 12 heavy (non-hydrogen) atoms. The third-order valence-electron chi connectivity index (χ3n) is 3.45. The maximum atomic E-state index is 9.91. The van der Waals surface area contributed by atoms with Crippen LogP contribution in [0.3, 0.4) is 0 Å². The van der Waals surface area contributed by atoms with Gasteiger partial charge in [-0.15, -0.1) is 0 Å². The van der Waals surface area contributed by atoms with Crippen molar-refractivity contribution in [2.75, 3.05) is 0 Å². The lowest BCUT2D eigenvalue weighted by Gasteiger charge is -2.26. The van der Waals surface area contributed by atoms with Crippen LogP contribution in [0.25, 0.3) is 0 Å². The van der Waals surface area contributed by atoms with Gasteiger partial charge in [-0.05, 0) is 36.5 Å². The number of aliphatic hydroxyl groups excluding tert-OH is 1. The molecule has 0 aromatic carbocycles. The van der Waals surface area contributed by atoms with E-state index in [4.69, 9.17) is 0 Å². The fraction of sp³-hybridized carbons (Fsp3) is 0.818. The van der Waals surface area contributed by atoms with E-state index in [0.717, 1.165) is 5.92 Å². The Balaban J connectivity index is 2.03. The molecule has 0 aromatic rings. The molecule has 1 heteroatoms. The van der Waals surface area contributed by atoms with Crippen LogP contribution < -0.4 is 0 Å². The lowest BCUT2D eigenvalue weighted by Crippen LogP contribution is -2.28. The molecular formula is C11H18O.